The minimum atomic E-state index is 1.13. The van der Waals surface area contributed by atoms with Crippen LogP contribution in [0.1, 0.15) is 46.4 Å². The molecule has 1 heterocycles. The lowest BCUT2D eigenvalue weighted by Gasteiger charge is -2.14. The molecular formula is C22H23N. The van der Waals surface area contributed by atoms with Gasteiger partial charge >= 0.3 is 0 Å². The maximum Gasteiger partial charge on any atom is 0.0494 e. The predicted molar refractivity (Wildman–Crippen MR) is 96.2 cm³/mol. The molecule has 116 valence electrons. The Morgan fingerprint density at radius 1 is 0.609 bits per heavy atom. The molecule has 23 heavy (non-hydrogen) atoms. The number of aryl methyl sites for hydroxylation is 6. The number of fused-ring (bicyclic) bond motifs is 1. The van der Waals surface area contributed by atoms with E-state index in [2.05, 4.69) is 41.4 Å². The van der Waals surface area contributed by atoms with Crippen molar-refractivity contribution in [2.45, 2.75) is 51.4 Å². The maximum atomic E-state index is 3.82. The molecule has 5 aliphatic rings. The number of hydrogen-bond acceptors (Lipinski definition) is 0. The van der Waals surface area contributed by atoms with Crippen molar-refractivity contribution in [3.05, 3.63) is 69.9 Å². The molecule has 0 amide bonds. The van der Waals surface area contributed by atoms with Gasteiger partial charge in [-0.05, 0) is 79.2 Å². The summed E-state index contributed by atoms with van der Waals surface area (Å²) in [7, 11) is 0. The molecule has 1 heteroatoms. The molecule has 1 aromatic heterocycles. The molecule has 0 fully saturated rings. The van der Waals surface area contributed by atoms with E-state index >= 15 is 0 Å². The Labute approximate surface area is 137 Å². The zero-order valence-electron chi connectivity index (χ0n) is 13.6. The van der Waals surface area contributed by atoms with Gasteiger partial charge in [-0.15, -0.1) is 0 Å². The normalized spacial score (nSPS) is 17.0. The highest BCUT2D eigenvalue weighted by atomic mass is 14.7. The smallest absolute Gasteiger partial charge is 0.0494 e. The highest BCUT2D eigenvalue weighted by Gasteiger charge is 2.20. The van der Waals surface area contributed by atoms with Crippen LogP contribution in [0.15, 0.2) is 36.4 Å². The van der Waals surface area contributed by atoms with Crippen molar-refractivity contribution in [3.8, 4) is 0 Å². The first-order valence-corrected chi connectivity index (χ1v) is 9.10. The second-order valence-electron chi connectivity index (χ2n) is 7.24. The third kappa shape index (κ3) is 2.22. The van der Waals surface area contributed by atoms with Gasteiger partial charge < -0.3 is 4.98 Å². The van der Waals surface area contributed by atoms with Crippen LogP contribution in [0.2, 0.25) is 0 Å². The maximum absolute atomic E-state index is 3.82. The van der Waals surface area contributed by atoms with E-state index in [4.69, 9.17) is 0 Å². The Bertz CT molecular complexity index is 867. The van der Waals surface area contributed by atoms with E-state index in [0.29, 0.717) is 0 Å². The molecule has 0 radical (unpaired) electrons. The zero-order chi connectivity index (χ0) is 15.2. The van der Waals surface area contributed by atoms with E-state index in [9.17, 15) is 0 Å². The molecule has 0 unspecified atom stereocenters. The molecule has 0 atom stereocenters. The molecule has 8 rings (SSSR count). The Kier molecular flexibility index (Phi) is 3.07. The Morgan fingerprint density at radius 3 is 2.04 bits per heavy atom. The van der Waals surface area contributed by atoms with Crippen LogP contribution in [0.5, 0.6) is 0 Å². The summed E-state index contributed by atoms with van der Waals surface area (Å²) in [6.07, 6.45) is 9.77. The number of rotatable bonds is 0. The molecule has 2 aromatic carbocycles. The Balaban J connectivity index is 1.72. The lowest BCUT2D eigenvalue weighted by molar-refractivity contribution is 0.679. The van der Waals surface area contributed by atoms with E-state index in [0.717, 1.165) is 25.7 Å². The van der Waals surface area contributed by atoms with Gasteiger partial charge in [0.05, 0.1) is 0 Å². The van der Waals surface area contributed by atoms with Crippen LogP contribution >= 0.6 is 0 Å². The number of aromatic amines is 1. The van der Waals surface area contributed by atoms with E-state index in [1.54, 1.807) is 16.5 Å². The average molecular weight is 301 g/mol. The number of nitrogens with one attached hydrogen (secondary N) is 1. The highest BCUT2D eigenvalue weighted by Crippen LogP contribution is 2.34. The molecule has 3 aromatic rings. The fourth-order valence-corrected chi connectivity index (χ4v) is 4.49. The van der Waals surface area contributed by atoms with Crippen LogP contribution in [-0.4, -0.2) is 4.98 Å². The van der Waals surface area contributed by atoms with Gasteiger partial charge in [0.1, 0.15) is 0 Å². The summed E-state index contributed by atoms with van der Waals surface area (Å²) < 4.78 is 0. The highest BCUT2D eigenvalue weighted by molar-refractivity contribution is 5.91. The molecule has 0 saturated heterocycles. The number of benzene rings is 2. The van der Waals surface area contributed by atoms with Gasteiger partial charge in [-0.3, -0.25) is 0 Å². The summed E-state index contributed by atoms with van der Waals surface area (Å²) in [6, 6.07) is 14.1. The fourth-order valence-electron chi connectivity index (χ4n) is 4.49. The second-order valence-corrected chi connectivity index (χ2v) is 7.24. The van der Waals surface area contributed by atoms with Crippen molar-refractivity contribution >= 4 is 10.9 Å². The van der Waals surface area contributed by atoms with Crippen LogP contribution in [-0.2, 0) is 38.5 Å². The van der Waals surface area contributed by atoms with E-state index in [-0.39, 0.29) is 0 Å². The summed E-state index contributed by atoms with van der Waals surface area (Å²) in [5, 5.41) is 1.58. The fraction of sp³-hybridized carbons (Fsp3) is 0.364. The number of H-pyrrole nitrogens is 1. The third-order valence-electron chi connectivity index (χ3n) is 5.81. The van der Waals surface area contributed by atoms with Crippen molar-refractivity contribution in [1.82, 2.24) is 4.98 Å². The largest absolute Gasteiger partial charge is 0.358 e. The van der Waals surface area contributed by atoms with Gasteiger partial charge in [0.25, 0.3) is 0 Å². The number of aromatic nitrogens is 1. The minimum Gasteiger partial charge on any atom is -0.358 e. The van der Waals surface area contributed by atoms with E-state index in [1.165, 1.54) is 53.6 Å². The summed E-state index contributed by atoms with van der Waals surface area (Å²) in [5.74, 6) is 0. The lowest BCUT2D eigenvalue weighted by Crippen LogP contribution is -2.02. The van der Waals surface area contributed by atoms with E-state index in [1.807, 2.05) is 0 Å². The van der Waals surface area contributed by atoms with Crippen LogP contribution in [0.3, 0.4) is 0 Å². The standard InChI is InChI=1S/C22H23N/c1-2-4-20-19(3-1)21-17-11-9-15-5-7-16(8-6-15)10-12-18(14-13-17)22(21)23-20/h5-8,13-14,23H,1-4,9-12H2. The first-order valence-electron chi connectivity index (χ1n) is 9.10. The zero-order valence-corrected chi connectivity index (χ0v) is 13.6. The van der Waals surface area contributed by atoms with Gasteiger partial charge in [-0.25, -0.2) is 0 Å². The molecule has 0 saturated carbocycles. The van der Waals surface area contributed by atoms with Crippen LogP contribution in [0.4, 0.5) is 0 Å². The first-order chi connectivity index (χ1) is 11.4. The van der Waals surface area contributed by atoms with Crippen LogP contribution in [0, 0.1) is 0 Å². The summed E-state index contributed by atoms with van der Waals surface area (Å²) in [5.41, 5.74) is 10.6. The predicted octanol–water partition coefficient (Wildman–Crippen LogP) is 4.93. The van der Waals surface area contributed by atoms with Crippen LogP contribution in [0.25, 0.3) is 10.9 Å². The van der Waals surface area contributed by atoms with Gasteiger partial charge in [0, 0.05) is 16.6 Å². The van der Waals surface area contributed by atoms with Gasteiger partial charge in [-0.2, -0.15) is 0 Å². The summed E-state index contributed by atoms with van der Waals surface area (Å²) in [6.45, 7) is 0. The molecule has 0 spiro atoms. The van der Waals surface area contributed by atoms with Crippen molar-refractivity contribution in [3.63, 3.8) is 0 Å². The third-order valence-corrected chi connectivity index (χ3v) is 5.81. The van der Waals surface area contributed by atoms with Crippen molar-refractivity contribution in [2.24, 2.45) is 0 Å². The molecular weight excluding hydrogens is 278 g/mol. The van der Waals surface area contributed by atoms with Crippen molar-refractivity contribution in [1.29, 1.82) is 0 Å². The van der Waals surface area contributed by atoms with E-state index < -0.39 is 0 Å². The Morgan fingerprint density at radius 2 is 1.26 bits per heavy atom. The molecule has 5 aliphatic carbocycles. The summed E-state index contributed by atoms with van der Waals surface area (Å²) in [4.78, 5) is 3.82. The Hall–Kier alpha value is -2.02. The number of hydrogen-bond donors (Lipinski definition) is 1. The van der Waals surface area contributed by atoms with Gasteiger partial charge in [-0.1, -0.05) is 36.4 Å². The lowest BCUT2D eigenvalue weighted by atomic mass is 9.89. The quantitative estimate of drug-likeness (QED) is 0.606. The SMILES string of the molecule is c1cc2ccc1CCc1ccc(c3c4c([nH]c13)CCCC4)CC2. The molecule has 0 aliphatic heterocycles. The minimum absolute atomic E-state index is 1.13. The summed E-state index contributed by atoms with van der Waals surface area (Å²) >= 11 is 0. The average Bonchev–Trinajstić information content (AvgIpc) is 2.97. The van der Waals surface area contributed by atoms with Gasteiger partial charge in [0.2, 0.25) is 0 Å². The van der Waals surface area contributed by atoms with Crippen molar-refractivity contribution in [2.75, 3.05) is 0 Å². The van der Waals surface area contributed by atoms with Gasteiger partial charge in [0.15, 0.2) is 0 Å². The second kappa shape index (κ2) is 5.26. The van der Waals surface area contributed by atoms with Crippen LogP contribution < -0.4 is 0 Å². The topological polar surface area (TPSA) is 15.8 Å². The molecule has 1 N–H and O–H groups in total. The monoisotopic (exact) mass is 301 g/mol. The van der Waals surface area contributed by atoms with Crippen molar-refractivity contribution < 1.29 is 0 Å². The molecule has 4 bridgehead atoms. The first kappa shape index (κ1) is 13.4. The molecule has 1 nitrogen and oxygen atoms in total.